The first-order valence-electron chi connectivity index (χ1n) is 3.62. The molecule has 0 aromatic carbocycles. The van der Waals surface area contributed by atoms with Crippen LogP contribution in [0.25, 0.3) is 0 Å². The summed E-state index contributed by atoms with van der Waals surface area (Å²) >= 11 is 0. The molecule has 1 aliphatic rings. The van der Waals surface area contributed by atoms with Crippen molar-refractivity contribution in [3.63, 3.8) is 0 Å². The van der Waals surface area contributed by atoms with Crippen LogP contribution in [-0.2, 0) is 9.53 Å². The summed E-state index contributed by atoms with van der Waals surface area (Å²) in [4.78, 5) is 11.4. The van der Waals surface area contributed by atoms with Gasteiger partial charge in [-0.3, -0.25) is 5.32 Å². The van der Waals surface area contributed by atoms with E-state index in [-0.39, 0.29) is 5.97 Å². The third kappa shape index (κ3) is 1.87. The highest BCUT2D eigenvalue weighted by atomic mass is 33.1. The summed E-state index contributed by atoms with van der Waals surface area (Å²) in [6.45, 7) is 0.552. The second-order valence-electron chi connectivity index (χ2n) is 2.52. The third-order valence-electron chi connectivity index (χ3n) is 1.73. The Morgan fingerprint density at radius 2 is 2.25 bits per heavy atom. The summed E-state index contributed by atoms with van der Waals surface area (Å²) in [5, 5.41) is 3.08. The molecule has 1 fully saturated rings. The van der Waals surface area contributed by atoms with E-state index >= 15 is 0 Å². The van der Waals surface area contributed by atoms with Gasteiger partial charge in [0.2, 0.25) is 0 Å². The number of methoxy groups -OCH3 is 1. The fourth-order valence-corrected chi connectivity index (χ4v) is 4.10. The number of hydrogen-bond acceptors (Lipinski definition) is 5. The van der Waals surface area contributed by atoms with Gasteiger partial charge in [0.25, 0.3) is 0 Å². The van der Waals surface area contributed by atoms with E-state index in [0.29, 0.717) is 6.67 Å². The number of nitrogens with one attached hydrogen (secondary N) is 1. The first-order valence-corrected chi connectivity index (χ1v) is 6.11. The molecule has 1 aliphatic heterocycles. The highest BCUT2D eigenvalue weighted by molar-refractivity contribution is 8.77. The predicted octanol–water partition coefficient (Wildman–Crippen LogP) is -0.918. The number of quaternary nitrogens is 1. The minimum atomic E-state index is -0.494. The van der Waals surface area contributed by atoms with Crippen molar-refractivity contribution in [2.45, 2.75) is 5.54 Å². The average molecular weight is 209 g/mol. The molecule has 12 heavy (non-hydrogen) atoms. The van der Waals surface area contributed by atoms with E-state index in [1.54, 1.807) is 21.6 Å². The van der Waals surface area contributed by atoms with Crippen molar-refractivity contribution in [2.75, 3.05) is 25.3 Å². The smallest absolute Gasteiger partial charge is 0.328 e. The minimum absolute atomic E-state index is 0.177. The zero-order valence-corrected chi connectivity index (χ0v) is 8.59. The van der Waals surface area contributed by atoms with Gasteiger partial charge in [0.05, 0.1) is 7.11 Å². The molecular formula is C6H13N2O2S2+. The predicted molar refractivity (Wildman–Crippen MR) is 50.6 cm³/mol. The molecule has 1 rings (SSSR count). The second-order valence-corrected chi connectivity index (χ2v) is 4.99. The van der Waals surface area contributed by atoms with Gasteiger partial charge in [-0.05, 0) is 0 Å². The van der Waals surface area contributed by atoms with Crippen LogP contribution < -0.4 is 11.1 Å². The molecule has 0 saturated carbocycles. The topological polar surface area (TPSA) is 66.0 Å². The third-order valence-corrected chi connectivity index (χ3v) is 4.33. The molecule has 4 N–H and O–H groups in total. The molecule has 0 aliphatic carbocycles. The molecule has 0 amide bonds. The van der Waals surface area contributed by atoms with Crippen molar-refractivity contribution < 1.29 is 15.3 Å². The first-order chi connectivity index (χ1) is 5.75. The Bertz CT molecular complexity index is 171. The van der Waals surface area contributed by atoms with Gasteiger partial charge in [0, 0.05) is 11.5 Å². The lowest BCUT2D eigenvalue weighted by Gasteiger charge is -2.23. The van der Waals surface area contributed by atoms with Gasteiger partial charge in [-0.2, -0.15) is 0 Å². The van der Waals surface area contributed by atoms with Gasteiger partial charge >= 0.3 is 5.97 Å². The van der Waals surface area contributed by atoms with Gasteiger partial charge in [0.15, 0.2) is 0 Å². The van der Waals surface area contributed by atoms with Crippen LogP contribution in [0.1, 0.15) is 0 Å². The minimum Gasteiger partial charge on any atom is -0.468 e. The van der Waals surface area contributed by atoms with E-state index in [1.807, 2.05) is 0 Å². The summed E-state index contributed by atoms with van der Waals surface area (Å²) in [5.74, 6) is 1.35. The molecule has 0 aromatic heterocycles. The molecule has 4 nitrogen and oxygen atoms in total. The number of carbonyl (C=O) groups excluding carboxylic acids is 1. The standard InChI is InChI=1S/C6H12N2O2S2/c1-10-5(9)6(8-4-7)2-11-12-3-6/h8H,2-4,7H2,1H3/p+1. The quantitative estimate of drug-likeness (QED) is 0.357. The Labute approximate surface area is 79.4 Å². The zero-order chi connectivity index (χ0) is 9.03. The van der Waals surface area contributed by atoms with Crippen LogP contribution in [0.5, 0.6) is 0 Å². The SMILES string of the molecule is COC(=O)C1(NC[NH3+])CSSC1. The lowest BCUT2D eigenvalue weighted by atomic mass is 10.1. The van der Waals surface area contributed by atoms with E-state index in [9.17, 15) is 4.79 Å². The molecule has 70 valence electrons. The molecule has 0 aromatic rings. The van der Waals surface area contributed by atoms with E-state index in [4.69, 9.17) is 4.74 Å². The largest absolute Gasteiger partial charge is 0.468 e. The fraction of sp³-hybridized carbons (Fsp3) is 0.833. The average Bonchev–Trinajstić information content (AvgIpc) is 2.53. The molecule has 1 heterocycles. The van der Waals surface area contributed by atoms with E-state index in [2.05, 4.69) is 11.1 Å². The number of rotatable bonds is 3. The van der Waals surface area contributed by atoms with Crippen LogP contribution in [0, 0.1) is 0 Å². The van der Waals surface area contributed by atoms with E-state index in [0.717, 1.165) is 11.5 Å². The van der Waals surface area contributed by atoms with Crippen molar-refractivity contribution in [3.8, 4) is 0 Å². The number of ether oxygens (including phenoxy) is 1. The molecule has 0 bridgehead atoms. The van der Waals surface area contributed by atoms with Crippen molar-refractivity contribution in [1.29, 1.82) is 0 Å². The van der Waals surface area contributed by atoms with Crippen LogP contribution in [0.3, 0.4) is 0 Å². The Morgan fingerprint density at radius 3 is 2.67 bits per heavy atom. The van der Waals surface area contributed by atoms with Crippen LogP contribution in [0.4, 0.5) is 0 Å². The van der Waals surface area contributed by atoms with Crippen LogP contribution in [-0.4, -0.2) is 36.8 Å². The summed E-state index contributed by atoms with van der Waals surface area (Å²) in [6, 6.07) is 0. The zero-order valence-electron chi connectivity index (χ0n) is 6.96. The van der Waals surface area contributed by atoms with Crippen molar-refractivity contribution in [2.24, 2.45) is 0 Å². The molecule has 0 spiro atoms. The van der Waals surface area contributed by atoms with Gasteiger partial charge in [-0.15, -0.1) is 0 Å². The summed E-state index contributed by atoms with van der Waals surface area (Å²) in [5.41, 5.74) is 3.18. The van der Waals surface area contributed by atoms with Crippen molar-refractivity contribution in [1.82, 2.24) is 5.32 Å². The first kappa shape index (κ1) is 10.2. The fourth-order valence-electron chi connectivity index (χ4n) is 1.05. The van der Waals surface area contributed by atoms with Gasteiger partial charge in [-0.25, -0.2) is 4.79 Å². The number of carbonyl (C=O) groups is 1. The summed E-state index contributed by atoms with van der Waals surface area (Å²) in [7, 11) is 4.80. The molecule has 0 radical (unpaired) electrons. The van der Waals surface area contributed by atoms with Crippen LogP contribution >= 0.6 is 21.6 Å². The maximum atomic E-state index is 11.4. The molecule has 0 unspecified atom stereocenters. The lowest BCUT2D eigenvalue weighted by Crippen LogP contribution is -2.66. The van der Waals surface area contributed by atoms with Gasteiger partial charge in [0.1, 0.15) is 12.2 Å². The summed E-state index contributed by atoms with van der Waals surface area (Å²) in [6.07, 6.45) is 0. The van der Waals surface area contributed by atoms with Crippen molar-refractivity contribution >= 4 is 27.6 Å². The maximum absolute atomic E-state index is 11.4. The lowest BCUT2D eigenvalue weighted by molar-refractivity contribution is -0.377. The molecule has 6 heteroatoms. The normalized spacial score (nSPS) is 20.8. The Hall–Kier alpha value is 0.0900. The molecule has 1 saturated heterocycles. The highest BCUT2D eigenvalue weighted by Gasteiger charge is 2.43. The van der Waals surface area contributed by atoms with Crippen LogP contribution in [0.15, 0.2) is 0 Å². The molecule has 0 atom stereocenters. The van der Waals surface area contributed by atoms with Crippen LogP contribution in [0.2, 0.25) is 0 Å². The number of hydrogen-bond donors (Lipinski definition) is 2. The summed E-state index contributed by atoms with van der Waals surface area (Å²) < 4.78 is 4.73. The van der Waals surface area contributed by atoms with E-state index < -0.39 is 5.54 Å². The Morgan fingerprint density at radius 1 is 1.67 bits per heavy atom. The Kier molecular flexibility index (Phi) is 3.70. The number of esters is 1. The van der Waals surface area contributed by atoms with Gasteiger partial charge < -0.3 is 10.5 Å². The monoisotopic (exact) mass is 209 g/mol. The Balaban J connectivity index is 2.64. The van der Waals surface area contributed by atoms with Crippen molar-refractivity contribution in [3.05, 3.63) is 0 Å². The molecular weight excluding hydrogens is 196 g/mol. The van der Waals surface area contributed by atoms with Gasteiger partial charge in [-0.1, -0.05) is 21.6 Å². The maximum Gasteiger partial charge on any atom is 0.328 e. The highest BCUT2D eigenvalue weighted by Crippen LogP contribution is 2.37. The van der Waals surface area contributed by atoms with E-state index in [1.165, 1.54) is 7.11 Å². The second kappa shape index (κ2) is 4.36.